The highest BCUT2D eigenvalue weighted by Crippen LogP contribution is 2.20. The van der Waals surface area contributed by atoms with Crippen molar-refractivity contribution in [3.05, 3.63) is 66.5 Å². The smallest absolute Gasteiger partial charge is 0.320 e. The van der Waals surface area contributed by atoms with Crippen molar-refractivity contribution in [1.29, 1.82) is 0 Å². The zero-order valence-electron chi connectivity index (χ0n) is 15.8. The highest BCUT2D eigenvalue weighted by Gasteiger charge is 2.10. The molecule has 0 saturated heterocycles. The van der Waals surface area contributed by atoms with Crippen molar-refractivity contribution < 1.29 is 9.47 Å². The van der Waals surface area contributed by atoms with Gasteiger partial charge in [-0.2, -0.15) is 9.97 Å². The second-order valence-electron chi connectivity index (χ2n) is 6.23. The Bertz CT molecular complexity index is 1080. The van der Waals surface area contributed by atoms with Crippen LogP contribution in [-0.2, 0) is 6.42 Å². The van der Waals surface area contributed by atoms with Gasteiger partial charge in [-0.1, -0.05) is 24.3 Å². The van der Waals surface area contributed by atoms with Gasteiger partial charge >= 0.3 is 6.01 Å². The topological polar surface area (TPSA) is 74.1 Å². The standard InChI is InChI=1S/C21H21N5O2/c1-27-16-9-7-15(8-10-16)11-12-22-19-13-20(25-21(24-19)28-2)26-14-23-17-5-3-4-6-18(17)26/h3-10,13-14H,11-12H2,1-2H3,(H,22,24,25). The van der Waals surface area contributed by atoms with Crippen molar-refractivity contribution in [2.45, 2.75) is 6.42 Å². The Morgan fingerprint density at radius 2 is 1.79 bits per heavy atom. The second-order valence-corrected chi connectivity index (χ2v) is 6.23. The Hall–Kier alpha value is -3.61. The summed E-state index contributed by atoms with van der Waals surface area (Å²) < 4.78 is 12.4. The van der Waals surface area contributed by atoms with Crippen molar-refractivity contribution in [2.75, 3.05) is 26.1 Å². The minimum absolute atomic E-state index is 0.308. The van der Waals surface area contributed by atoms with Gasteiger partial charge < -0.3 is 14.8 Å². The average Bonchev–Trinajstić information content (AvgIpc) is 3.18. The molecule has 4 aromatic rings. The normalized spacial score (nSPS) is 10.8. The third kappa shape index (κ3) is 3.73. The van der Waals surface area contributed by atoms with Crippen LogP contribution in [0.2, 0.25) is 0 Å². The van der Waals surface area contributed by atoms with E-state index in [9.17, 15) is 0 Å². The quantitative estimate of drug-likeness (QED) is 0.533. The van der Waals surface area contributed by atoms with E-state index in [1.807, 2.05) is 47.0 Å². The number of benzene rings is 2. The van der Waals surface area contributed by atoms with E-state index < -0.39 is 0 Å². The first-order chi connectivity index (χ1) is 13.8. The molecule has 0 radical (unpaired) electrons. The van der Waals surface area contributed by atoms with Gasteiger partial charge in [0.15, 0.2) is 0 Å². The first-order valence-corrected chi connectivity index (χ1v) is 8.99. The van der Waals surface area contributed by atoms with Gasteiger partial charge in [-0.05, 0) is 36.2 Å². The van der Waals surface area contributed by atoms with E-state index in [4.69, 9.17) is 9.47 Å². The fourth-order valence-corrected chi connectivity index (χ4v) is 2.99. The van der Waals surface area contributed by atoms with Gasteiger partial charge in [-0.15, -0.1) is 0 Å². The van der Waals surface area contributed by atoms with Crippen LogP contribution in [-0.4, -0.2) is 40.3 Å². The number of nitrogens with zero attached hydrogens (tertiary/aromatic N) is 4. The molecule has 0 aliphatic carbocycles. The van der Waals surface area contributed by atoms with Crippen molar-refractivity contribution >= 4 is 16.9 Å². The Kier molecular flexibility index (Phi) is 5.05. The molecule has 0 spiro atoms. The molecule has 0 saturated carbocycles. The largest absolute Gasteiger partial charge is 0.497 e. The molecule has 2 aromatic carbocycles. The van der Waals surface area contributed by atoms with Crippen LogP contribution < -0.4 is 14.8 Å². The fraction of sp³-hybridized carbons (Fsp3) is 0.190. The van der Waals surface area contributed by atoms with Gasteiger partial charge in [-0.25, -0.2) is 4.98 Å². The number of anilines is 1. The minimum Gasteiger partial charge on any atom is -0.497 e. The molecule has 7 nitrogen and oxygen atoms in total. The molecule has 0 bridgehead atoms. The highest BCUT2D eigenvalue weighted by atomic mass is 16.5. The number of hydrogen-bond acceptors (Lipinski definition) is 6. The number of hydrogen-bond donors (Lipinski definition) is 1. The van der Waals surface area contributed by atoms with E-state index in [1.165, 1.54) is 5.56 Å². The highest BCUT2D eigenvalue weighted by molar-refractivity contribution is 5.77. The van der Waals surface area contributed by atoms with Gasteiger partial charge in [0, 0.05) is 12.6 Å². The summed E-state index contributed by atoms with van der Waals surface area (Å²) in [5.74, 6) is 2.26. The predicted octanol–water partition coefficient (Wildman–Crippen LogP) is 3.49. The van der Waals surface area contributed by atoms with Crippen LogP contribution in [0, 0.1) is 0 Å². The molecule has 0 aliphatic rings. The molecule has 142 valence electrons. The Morgan fingerprint density at radius 1 is 0.964 bits per heavy atom. The Balaban J connectivity index is 1.53. The summed E-state index contributed by atoms with van der Waals surface area (Å²) in [6, 6.07) is 18.2. The molecule has 0 atom stereocenters. The van der Waals surface area contributed by atoms with Crippen LogP contribution in [0.1, 0.15) is 5.56 Å². The molecule has 1 N–H and O–H groups in total. The maximum absolute atomic E-state index is 5.29. The molecule has 0 unspecified atom stereocenters. The number of para-hydroxylation sites is 2. The average molecular weight is 375 g/mol. The molecule has 2 heterocycles. The van der Waals surface area contributed by atoms with Crippen LogP contribution in [0.25, 0.3) is 16.9 Å². The summed E-state index contributed by atoms with van der Waals surface area (Å²) in [6.07, 6.45) is 2.62. The molecule has 0 aliphatic heterocycles. The zero-order chi connectivity index (χ0) is 19.3. The minimum atomic E-state index is 0.308. The number of rotatable bonds is 7. The lowest BCUT2D eigenvalue weighted by Crippen LogP contribution is -2.09. The SMILES string of the molecule is COc1ccc(CCNc2cc(-n3cnc4ccccc43)nc(OC)n2)cc1. The number of methoxy groups -OCH3 is 2. The van der Waals surface area contributed by atoms with Crippen molar-refractivity contribution in [2.24, 2.45) is 0 Å². The van der Waals surface area contributed by atoms with Gasteiger partial charge in [0.1, 0.15) is 23.7 Å². The van der Waals surface area contributed by atoms with Crippen LogP contribution in [0.4, 0.5) is 5.82 Å². The Morgan fingerprint density at radius 3 is 2.57 bits per heavy atom. The monoisotopic (exact) mass is 375 g/mol. The third-order valence-electron chi connectivity index (χ3n) is 4.45. The molecule has 7 heteroatoms. The van der Waals surface area contributed by atoms with Crippen molar-refractivity contribution in [1.82, 2.24) is 19.5 Å². The number of aromatic nitrogens is 4. The molecule has 4 rings (SSSR count). The number of fused-ring (bicyclic) bond motifs is 1. The van der Waals surface area contributed by atoms with Crippen molar-refractivity contribution in [3.8, 4) is 17.6 Å². The summed E-state index contributed by atoms with van der Waals surface area (Å²) in [7, 11) is 3.23. The zero-order valence-corrected chi connectivity index (χ0v) is 15.8. The number of ether oxygens (including phenoxy) is 2. The first kappa shape index (κ1) is 17.8. The molecule has 0 amide bonds. The summed E-state index contributed by atoms with van der Waals surface area (Å²) in [4.78, 5) is 13.3. The maximum atomic E-state index is 5.29. The van der Waals surface area contributed by atoms with Gasteiger partial charge in [0.05, 0.1) is 25.3 Å². The van der Waals surface area contributed by atoms with Gasteiger partial charge in [0.25, 0.3) is 0 Å². The van der Waals surface area contributed by atoms with E-state index in [0.717, 1.165) is 29.7 Å². The van der Waals surface area contributed by atoms with E-state index in [2.05, 4.69) is 32.4 Å². The first-order valence-electron chi connectivity index (χ1n) is 8.99. The van der Waals surface area contributed by atoms with Crippen molar-refractivity contribution in [3.63, 3.8) is 0 Å². The molecular weight excluding hydrogens is 354 g/mol. The van der Waals surface area contributed by atoms with E-state index in [-0.39, 0.29) is 0 Å². The lowest BCUT2D eigenvalue weighted by molar-refractivity contribution is 0.380. The third-order valence-corrected chi connectivity index (χ3v) is 4.45. The summed E-state index contributed by atoms with van der Waals surface area (Å²) in [6.45, 7) is 0.733. The molecular formula is C21H21N5O2. The van der Waals surface area contributed by atoms with Crippen LogP contribution in [0.5, 0.6) is 11.8 Å². The maximum Gasteiger partial charge on any atom is 0.320 e. The lowest BCUT2D eigenvalue weighted by Gasteiger charge is -2.10. The summed E-state index contributed by atoms with van der Waals surface area (Å²) in [5.41, 5.74) is 3.11. The molecule has 2 aromatic heterocycles. The van der Waals surface area contributed by atoms with Gasteiger partial charge in [0.2, 0.25) is 0 Å². The fourth-order valence-electron chi connectivity index (χ4n) is 2.99. The Labute approximate surface area is 163 Å². The summed E-state index contributed by atoms with van der Waals surface area (Å²) >= 11 is 0. The lowest BCUT2D eigenvalue weighted by atomic mass is 10.1. The van der Waals surface area contributed by atoms with E-state index in [0.29, 0.717) is 17.6 Å². The molecule has 0 fully saturated rings. The predicted molar refractivity (Wildman–Crippen MR) is 108 cm³/mol. The van der Waals surface area contributed by atoms with Crippen LogP contribution >= 0.6 is 0 Å². The van der Waals surface area contributed by atoms with Crippen LogP contribution in [0.15, 0.2) is 60.9 Å². The second kappa shape index (κ2) is 7.96. The van der Waals surface area contributed by atoms with Crippen LogP contribution in [0.3, 0.4) is 0 Å². The van der Waals surface area contributed by atoms with E-state index >= 15 is 0 Å². The summed E-state index contributed by atoms with van der Waals surface area (Å²) in [5, 5.41) is 3.35. The van der Waals surface area contributed by atoms with E-state index in [1.54, 1.807) is 20.5 Å². The number of imidazole rings is 1. The van der Waals surface area contributed by atoms with Gasteiger partial charge in [-0.3, -0.25) is 4.57 Å². The number of nitrogens with one attached hydrogen (secondary N) is 1. The molecule has 28 heavy (non-hydrogen) atoms.